The molecule has 2 heteroatoms. The maximum absolute atomic E-state index is 9.38. The van der Waals surface area contributed by atoms with Gasteiger partial charge in [-0.05, 0) is 57.2 Å². The lowest BCUT2D eigenvalue weighted by Crippen LogP contribution is -2.33. The molecule has 1 aliphatic heterocycles. The summed E-state index contributed by atoms with van der Waals surface area (Å²) >= 11 is 0. The van der Waals surface area contributed by atoms with Gasteiger partial charge in [0.05, 0.1) is 6.61 Å². The molecule has 0 saturated heterocycles. The standard InChI is InChI=1S/C14H20O2/c1-9-7-11(8-15)12-5-6-14(3,4)16-13(12)10(9)2/h7,15H,5-6,8H2,1-4H3. The zero-order valence-corrected chi connectivity index (χ0v) is 10.6. The van der Waals surface area contributed by atoms with E-state index < -0.39 is 0 Å². The van der Waals surface area contributed by atoms with Crippen molar-refractivity contribution in [1.82, 2.24) is 0 Å². The molecule has 0 saturated carbocycles. The van der Waals surface area contributed by atoms with Crippen LogP contribution in [0.3, 0.4) is 0 Å². The number of hydrogen-bond acceptors (Lipinski definition) is 2. The summed E-state index contributed by atoms with van der Waals surface area (Å²) in [5.74, 6) is 1.00. The number of aryl methyl sites for hydroxylation is 1. The van der Waals surface area contributed by atoms with E-state index in [-0.39, 0.29) is 12.2 Å². The van der Waals surface area contributed by atoms with Crippen molar-refractivity contribution in [2.75, 3.05) is 0 Å². The van der Waals surface area contributed by atoms with Gasteiger partial charge in [0.25, 0.3) is 0 Å². The minimum atomic E-state index is -0.0850. The zero-order valence-electron chi connectivity index (χ0n) is 10.6. The maximum Gasteiger partial charge on any atom is 0.126 e. The summed E-state index contributed by atoms with van der Waals surface area (Å²) in [4.78, 5) is 0. The molecule has 1 heterocycles. The lowest BCUT2D eigenvalue weighted by molar-refractivity contribution is 0.0826. The topological polar surface area (TPSA) is 29.5 Å². The summed E-state index contributed by atoms with van der Waals surface area (Å²) in [6.45, 7) is 8.51. The second-order valence-electron chi connectivity index (χ2n) is 5.31. The Hall–Kier alpha value is -1.02. The number of fused-ring (bicyclic) bond motifs is 1. The van der Waals surface area contributed by atoms with Gasteiger partial charge in [0.15, 0.2) is 0 Å². The Balaban J connectivity index is 2.57. The minimum Gasteiger partial charge on any atom is -0.487 e. The van der Waals surface area contributed by atoms with Gasteiger partial charge in [-0.3, -0.25) is 0 Å². The molecule has 1 aromatic rings. The third-order valence-corrected chi connectivity index (χ3v) is 3.51. The Labute approximate surface area is 97.3 Å². The van der Waals surface area contributed by atoms with Gasteiger partial charge in [0.2, 0.25) is 0 Å². The number of ether oxygens (including phenoxy) is 1. The number of hydrogen-bond donors (Lipinski definition) is 1. The largest absolute Gasteiger partial charge is 0.487 e. The summed E-state index contributed by atoms with van der Waals surface area (Å²) in [6.07, 6.45) is 2.01. The second-order valence-corrected chi connectivity index (χ2v) is 5.31. The van der Waals surface area contributed by atoms with Crippen LogP contribution in [0, 0.1) is 13.8 Å². The Morgan fingerprint density at radius 3 is 2.69 bits per heavy atom. The summed E-state index contributed by atoms with van der Waals surface area (Å²) < 4.78 is 6.06. The molecule has 0 aliphatic carbocycles. The molecular formula is C14H20O2. The highest BCUT2D eigenvalue weighted by atomic mass is 16.5. The highest BCUT2D eigenvalue weighted by Crippen LogP contribution is 2.39. The van der Waals surface area contributed by atoms with Gasteiger partial charge >= 0.3 is 0 Å². The average Bonchev–Trinajstić information content (AvgIpc) is 2.22. The molecule has 88 valence electrons. The van der Waals surface area contributed by atoms with Gasteiger partial charge in [-0.2, -0.15) is 0 Å². The fourth-order valence-corrected chi connectivity index (χ4v) is 2.31. The summed E-state index contributed by atoms with van der Waals surface area (Å²) in [6, 6.07) is 2.08. The van der Waals surface area contributed by atoms with Crippen molar-refractivity contribution in [3.8, 4) is 5.75 Å². The van der Waals surface area contributed by atoms with E-state index in [0.29, 0.717) is 0 Å². The molecule has 1 aromatic carbocycles. The van der Waals surface area contributed by atoms with Gasteiger partial charge < -0.3 is 9.84 Å². The molecule has 0 unspecified atom stereocenters. The molecule has 16 heavy (non-hydrogen) atoms. The maximum atomic E-state index is 9.38. The van der Waals surface area contributed by atoms with Crippen molar-refractivity contribution in [1.29, 1.82) is 0 Å². The molecule has 0 amide bonds. The van der Waals surface area contributed by atoms with Crippen molar-refractivity contribution in [2.45, 2.75) is 52.7 Å². The van der Waals surface area contributed by atoms with Crippen LogP contribution in [-0.2, 0) is 13.0 Å². The second kappa shape index (κ2) is 3.77. The highest BCUT2D eigenvalue weighted by Gasteiger charge is 2.29. The first-order chi connectivity index (χ1) is 7.44. The normalized spacial score (nSPS) is 17.8. The lowest BCUT2D eigenvalue weighted by atomic mass is 9.88. The molecule has 0 aromatic heterocycles. The number of rotatable bonds is 1. The minimum absolute atomic E-state index is 0.0850. The van der Waals surface area contributed by atoms with Crippen LogP contribution in [0.5, 0.6) is 5.75 Å². The molecule has 0 spiro atoms. The van der Waals surface area contributed by atoms with Crippen LogP contribution in [0.15, 0.2) is 6.07 Å². The van der Waals surface area contributed by atoms with Crippen LogP contribution in [-0.4, -0.2) is 10.7 Å². The SMILES string of the molecule is Cc1cc(CO)c2c(c1C)OC(C)(C)CC2. The van der Waals surface area contributed by atoms with Crippen molar-refractivity contribution in [3.63, 3.8) is 0 Å². The fraction of sp³-hybridized carbons (Fsp3) is 0.571. The van der Waals surface area contributed by atoms with E-state index >= 15 is 0 Å². The average molecular weight is 220 g/mol. The first kappa shape index (κ1) is 11.5. The van der Waals surface area contributed by atoms with Crippen LogP contribution in [0.1, 0.15) is 42.5 Å². The van der Waals surface area contributed by atoms with E-state index in [1.165, 1.54) is 16.7 Å². The molecule has 1 aliphatic rings. The van der Waals surface area contributed by atoms with Crippen molar-refractivity contribution < 1.29 is 9.84 Å². The van der Waals surface area contributed by atoms with Crippen molar-refractivity contribution in [2.24, 2.45) is 0 Å². The molecule has 2 nitrogen and oxygen atoms in total. The van der Waals surface area contributed by atoms with E-state index in [2.05, 4.69) is 33.8 Å². The van der Waals surface area contributed by atoms with Crippen molar-refractivity contribution >= 4 is 0 Å². The third kappa shape index (κ3) is 1.82. The van der Waals surface area contributed by atoms with Crippen LogP contribution in [0.2, 0.25) is 0 Å². The predicted octanol–water partition coefficient (Wildman–Crippen LogP) is 2.90. The Morgan fingerprint density at radius 2 is 2.06 bits per heavy atom. The van der Waals surface area contributed by atoms with E-state index in [0.717, 1.165) is 24.2 Å². The van der Waals surface area contributed by atoms with Crippen molar-refractivity contribution in [3.05, 3.63) is 28.3 Å². The van der Waals surface area contributed by atoms with Crippen LogP contribution < -0.4 is 4.74 Å². The fourth-order valence-electron chi connectivity index (χ4n) is 2.31. The number of aliphatic hydroxyl groups is 1. The van der Waals surface area contributed by atoms with Gasteiger partial charge in [0, 0.05) is 5.56 Å². The predicted molar refractivity (Wildman–Crippen MR) is 64.9 cm³/mol. The van der Waals surface area contributed by atoms with Gasteiger partial charge in [-0.15, -0.1) is 0 Å². The first-order valence-corrected chi connectivity index (χ1v) is 5.86. The lowest BCUT2D eigenvalue weighted by Gasteiger charge is -2.35. The van der Waals surface area contributed by atoms with E-state index in [9.17, 15) is 5.11 Å². The molecule has 2 rings (SSSR count). The van der Waals surface area contributed by atoms with E-state index in [1.807, 2.05) is 0 Å². The van der Waals surface area contributed by atoms with Gasteiger partial charge in [-0.25, -0.2) is 0 Å². The first-order valence-electron chi connectivity index (χ1n) is 5.86. The van der Waals surface area contributed by atoms with Gasteiger partial charge in [0.1, 0.15) is 11.4 Å². The Bertz CT molecular complexity index is 419. The summed E-state index contributed by atoms with van der Waals surface area (Å²) in [5.41, 5.74) is 4.54. The highest BCUT2D eigenvalue weighted by molar-refractivity contribution is 5.51. The van der Waals surface area contributed by atoms with E-state index in [1.54, 1.807) is 0 Å². The molecular weight excluding hydrogens is 200 g/mol. The van der Waals surface area contributed by atoms with E-state index in [4.69, 9.17) is 4.74 Å². The monoisotopic (exact) mass is 220 g/mol. The number of aliphatic hydroxyl groups excluding tert-OH is 1. The third-order valence-electron chi connectivity index (χ3n) is 3.51. The zero-order chi connectivity index (χ0) is 11.9. The summed E-state index contributed by atoms with van der Waals surface area (Å²) in [7, 11) is 0. The molecule has 0 fully saturated rings. The van der Waals surface area contributed by atoms with Crippen LogP contribution in [0.25, 0.3) is 0 Å². The molecule has 0 radical (unpaired) electrons. The Morgan fingerprint density at radius 1 is 1.38 bits per heavy atom. The molecule has 0 atom stereocenters. The Kier molecular flexibility index (Phi) is 2.70. The van der Waals surface area contributed by atoms with Gasteiger partial charge in [-0.1, -0.05) is 6.07 Å². The summed E-state index contributed by atoms with van der Waals surface area (Å²) in [5, 5.41) is 9.38. The molecule has 0 bridgehead atoms. The number of benzene rings is 1. The smallest absolute Gasteiger partial charge is 0.126 e. The quantitative estimate of drug-likeness (QED) is 0.788. The molecule has 1 N–H and O–H groups in total. The van der Waals surface area contributed by atoms with Crippen LogP contribution in [0.4, 0.5) is 0 Å². The van der Waals surface area contributed by atoms with Crippen LogP contribution >= 0.6 is 0 Å².